The standard InChI is InChI=1S/C17H21N5O/c1-2-6-18-14(4-1)11-22-9-5-17(13-22)10-15(12-23-17)21-16-19-7-3-8-20-16/h1-4,6-8,15H,5,9-13H2,(H,19,20,21)/t15-,17-/m1/s1. The van der Waals surface area contributed by atoms with Crippen molar-refractivity contribution in [3.05, 3.63) is 48.5 Å². The Labute approximate surface area is 135 Å². The van der Waals surface area contributed by atoms with E-state index < -0.39 is 0 Å². The van der Waals surface area contributed by atoms with Gasteiger partial charge in [-0.1, -0.05) is 6.07 Å². The summed E-state index contributed by atoms with van der Waals surface area (Å²) >= 11 is 0. The lowest BCUT2D eigenvalue weighted by molar-refractivity contribution is 0.0119. The first kappa shape index (κ1) is 14.5. The van der Waals surface area contributed by atoms with Gasteiger partial charge in [0.15, 0.2) is 0 Å². The number of nitrogens with zero attached hydrogens (tertiary/aromatic N) is 4. The number of anilines is 1. The Bertz CT molecular complexity index is 578. The molecule has 4 rings (SSSR count). The van der Waals surface area contributed by atoms with E-state index in [4.69, 9.17) is 4.74 Å². The van der Waals surface area contributed by atoms with Gasteiger partial charge in [0.2, 0.25) is 5.95 Å². The number of hydrogen-bond acceptors (Lipinski definition) is 6. The van der Waals surface area contributed by atoms with Gasteiger partial charge in [-0.25, -0.2) is 9.97 Å². The molecule has 2 fully saturated rings. The Morgan fingerprint density at radius 2 is 2.04 bits per heavy atom. The normalized spacial score (nSPS) is 27.6. The molecule has 2 atom stereocenters. The van der Waals surface area contributed by atoms with Crippen molar-refractivity contribution < 1.29 is 4.74 Å². The van der Waals surface area contributed by atoms with E-state index in [1.165, 1.54) is 0 Å². The summed E-state index contributed by atoms with van der Waals surface area (Å²) in [6, 6.07) is 8.19. The summed E-state index contributed by atoms with van der Waals surface area (Å²) in [5.41, 5.74) is 1.09. The second-order valence-corrected chi connectivity index (χ2v) is 6.39. The van der Waals surface area contributed by atoms with Crippen molar-refractivity contribution in [2.75, 3.05) is 25.0 Å². The van der Waals surface area contributed by atoms with Crippen LogP contribution in [0.3, 0.4) is 0 Å². The van der Waals surface area contributed by atoms with E-state index in [9.17, 15) is 0 Å². The average molecular weight is 311 g/mol. The van der Waals surface area contributed by atoms with Gasteiger partial charge in [0, 0.05) is 44.6 Å². The Kier molecular flexibility index (Phi) is 3.93. The maximum Gasteiger partial charge on any atom is 0.222 e. The fourth-order valence-electron chi connectivity index (χ4n) is 3.56. The molecule has 2 saturated heterocycles. The van der Waals surface area contributed by atoms with Crippen LogP contribution in [0.25, 0.3) is 0 Å². The zero-order valence-corrected chi connectivity index (χ0v) is 13.1. The maximum atomic E-state index is 6.17. The summed E-state index contributed by atoms with van der Waals surface area (Å²) in [6.07, 6.45) is 7.45. The van der Waals surface area contributed by atoms with Gasteiger partial charge in [-0.3, -0.25) is 9.88 Å². The summed E-state index contributed by atoms with van der Waals surface area (Å²) in [6.45, 7) is 3.64. The van der Waals surface area contributed by atoms with E-state index in [0.717, 1.165) is 44.8 Å². The van der Waals surface area contributed by atoms with Crippen molar-refractivity contribution >= 4 is 5.95 Å². The van der Waals surface area contributed by atoms with Crippen molar-refractivity contribution in [1.82, 2.24) is 19.9 Å². The molecule has 0 unspecified atom stereocenters. The minimum atomic E-state index is -0.0266. The molecule has 2 aliphatic heterocycles. The Morgan fingerprint density at radius 3 is 2.87 bits per heavy atom. The Balaban J connectivity index is 1.34. The highest BCUT2D eigenvalue weighted by Gasteiger charge is 2.45. The van der Waals surface area contributed by atoms with Crippen LogP contribution in [0.5, 0.6) is 0 Å². The molecule has 2 aromatic rings. The van der Waals surface area contributed by atoms with Crippen LogP contribution in [0.4, 0.5) is 5.95 Å². The lowest BCUT2D eigenvalue weighted by Crippen LogP contribution is -2.33. The molecule has 120 valence electrons. The molecule has 1 N–H and O–H groups in total. The monoisotopic (exact) mass is 311 g/mol. The molecule has 0 aliphatic carbocycles. The zero-order valence-electron chi connectivity index (χ0n) is 13.1. The number of hydrogen-bond donors (Lipinski definition) is 1. The number of pyridine rings is 1. The second kappa shape index (κ2) is 6.22. The first-order chi connectivity index (χ1) is 11.3. The van der Waals surface area contributed by atoms with Gasteiger partial charge in [-0.15, -0.1) is 0 Å². The van der Waals surface area contributed by atoms with Crippen molar-refractivity contribution in [1.29, 1.82) is 0 Å². The summed E-state index contributed by atoms with van der Waals surface area (Å²) in [7, 11) is 0. The summed E-state index contributed by atoms with van der Waals surface area (Å²) in [5.74, 6) is 0.682. The van der Waals surface area contributed by atoms with Crippen molar-refractivity contribution in [2.24, 2.45) is 0 Å². The minimum absolute atomic E-state index is 0.0266. The number of likely N-dealkylation sites (tertiary alicyclic amines) is 1. The molecule has 2 aromatic heterocycles. The van der Waals surface area contributed by atoms with Crippen molar-refractivity contribution in [3.63, 3.8) is 0 Å². The Hall–Kier alpha value is -2.05. The van der Waals surface area contributed by atoms with Crippen LogP contribution >= 0.6 is 0 Å². The lowest BCUT2D eigenvalue weighted by atomic mass is 9.97. The lowest BCUT2D eigenvalue weighted by Gasteiger charge is -2.23. The van der Waals surface area contributed by atoms with E-state index in [-0.39, 0.29) is 11.6 Å². The van der Waals surface area contributed by atoms with Crippen LogP contribution in [0.15, 0.2) is 42.9 Å². The highest BCUT2D eigenvalue weighted by Crippen LogP contribution is 2.36. The molecule has 2 aliphatic rings. The van der Waals surface area contributed by atoms with Gasteiger partial charge in [-0.05, 0) is 24.6 Å². The van der Waals surface area contributed by atoms with E-state index in [2.05, 4.69) is 31.2 Å². The van der Waals surface area contributed by atoms with Gasteiger partial charge < -0.3 is 10.1 Å². The summed E-state index contributed by atoms with van der Waals surface area (Å²) in [4.78, 5) is 15.3. The van der Waals surface area contributed by atoms with Gasteiger partial charge in [0.1, 0.15) is 0 Å². The third-order valence-corrected chi connectivity index (χ3v) is 4.62. The predicted molar refractivity (Wildman–Crippen MR) is 86.9 cm³/mol. The van der Waals surface area contributed by atoms with Crippen LogP contribution in [0, 0.1) is 0 Å². The molecule has 1 spiro atoms. The highest BCUT2D eigenvalue weighted by molar-refractivity contribution is 5.25. The number of ether oxygens (including phenoxy) is 1. The average Bonchev–Trinajstić information content (AvgIpc) is 3.16. The molecule has 0 aromatic carbocycles. The molecule has 6 heteroatoms. The van der Waals surface area contributed by atoms with E-state index >= 15 is 0 Å². The fourth-order valence-corrected chi connectivity index (χ4v) is 3.56. The Morgan fingerprint density at radius 1 is 1.17 bits per heavy atom. The quantitative estimate of drug-likeness (QED) is 0.927. The van der Waals surface area contributed by atoms with E-state index in [1.54, 1.807) is 12.4 Å². The van der Waals surface area contributed by atoms with E-state index in [0.29, 0.717) is 5.95 Å². The first-order valence-electron chi connectivity index (χ1n) is 8.11. The maximum absolute atomic E-state index is 6.17. The minimum Gasteiger partial charge on any atom is -0.371 e. The van der Waals surface area contributed by atoms with Gasteiger partial charge in [0.05, 0.1) is 23.9 Å². The molecule has 0 bridgehead atoms. The molecule has 6 nitrogen and oxygen atoms in total. The predicted octanol–water partition coefficient (Wildman–Crippen LogP) is 1.72. The molecular formula is C17H21N5O. The SMILES string of the molecule is c1ccc(CN2CC[C@@]3(C[C@@H](Nc4ncccn4)CO3)C2)nc1. The number of aromatic nitrogens is 3. The third-order valence-electron chi connectivity index (χ3n) is 4.62. The van der Waals surface area contributed by atoms with Crippen LogP contribution in [-0.4, -0.2) is 51.2 Å². The van der Waals surface area contributed by atoms with Crippen LogP contribution in [-0.2, 0) is 11.3 Å². The first-order valence-corrected chi connectivity index (χ1v) is 8.11. The van der Waals surface area contributed by atoms with Crippen molar-refractivity contribution in [3.8, 4) is 0 Å². The zero-order chi connectivity index (χ0) is 15.5. The molecule has 0 radical (unpaired) electrons. The van der Waals surface area contributed by atoms with Crippen molar-refractivity contribution in [2.45, 2.75) is 31.0 Å². The molecule has 4 heterocycles. The third kappa shape index (κ3) is 3.33. The smallest absolute Gasteiger partial charge is 0.222 e. The number of rotatable bonds is 4. The van der Waals surface area contributed by atoms with Gasteiger partial charge >= 0.3 is 0 Å². The fraction of sp³-hybridized carbons (Fsp3) is 0.471. The van der Waals surface area contributed by atoms with Gasteiger partial charge in [-0.2, -0.15) is 0 Å². The largest absolute Gasteiger partial charge is 0.371 e. The summed E-state index contributed by atoms with van der Waals surface area (Å²) < 4.78 is 6.17. The summed E-state index contributed by atoms with van der Waals surface area (Å²) in [5, 5.41) is 3.38. The van der Waals surface area contributed by atoms with Crippen LogP contribution in [0.1, 0.15) is 18.5 Å². The van der Waals surface area contributed by atoms with Crippen LogP contribution < -0.4 is 5.32 Å². The second-order valence-electron chi connectivity index (χ2n) is 6.39. The molecular weight excluding hydrogens is 290 g/mol. The molecule has 0 amide bonds. The topological polar surface area (TPSA) is 63.2 Å². The van der Waals surface area contributed by atoms with Crippen LogP contribution in [0.2, 0.25) is 0 Å². The molecule has 23 heavy (non-hydrogen) atoms. The number of nitrogens with one attached hydrogen (secondary N) is 1. The highest BCUT2D eigenvalue weighted by atomic mass is 16.5. The molecule has 0 saturated carbocycles. The van der Waals surface area contributed by atoms with E-state index in [1.807, 2.05) is 24.4 Å². The van der Waals surface area contributed by atoms with Gasteiger partial charge in [0.25, 0.3) is 0 Å².